The van der Waals surface area contributed by atoms with Crippen LogP contribution in [0.3, 0.4) is 0 Å². The van der Waals surface area contributed by atoms with Gasteiger partial charge in [-0.25, -0.2) is 21.9 Å². The predicted octanol–water partition coefficient (Wildman–Crippen LogP) is 2.34. The Bertz CT molecular complexity index is 902. The molecule has 1 unspecified atom stereocenters. The first-order valence-electron chi connectivity index (χ1n) is 8.63. The molecule has 0 aromatic heterocycles. The maximum Gasteiger partial charge on any atom is 0.315 e. The van der Waals surface area contributed by atoms with Crippen LogP contribution in [0.4, 0.5) is 9.18 Å². The Balaban J connectivity index is 1.88. The first-order valence-corrected chi connectivity index (χ1v) is 10.1. The molecular formula is C19H24FN3O4S. The molecule has 0 aliphatic rings. The summed E-state index contributed by atoms with van der Waals surface area (Å²) in [5, 5.41) is 5.35. The van der Waals surface area contributed by atoms with E-state index in [1.54, 1.807) is 25.1 Å². The van der Waals surface area contributed by atoms with E-state index in [0.717, 1.165) is 4.31 Å². The molecule has 0 radical (unpaired) electrons. The van der Waals surface area contributed by atoms with Gasteiger partial charge in [-0.05, 0) is 42.8 Å². The van der Waals surface area contributed by atoms with Crippen LogP contribution in [0.2, 0.25) is 0 Å². The summed E-state index contributed by atoms with van der Waals surface area (Å²) in [5.41, 5.74) is 0.488. The van der Waals surface area contributed by atoms with Crippen LogP contribution < -0.4 is 15.4 Å². The SMILES string of the molecule is CC(COc1ccc(F)cc1)NC(=O)NCc1ccccc1S(=O)(=O)N(C)C. The van der Waals surface area contributed by atoms with Crippen LogP contribution in [-0.2, 0) is 16.6 Å². The third kappa shape index (κ3) is 5.93. The van der Waals surface area contributed by atoms with E-state index in [9.17, 15) is 17.6 Å². The molecule has 0 aliphatic heterocycles. The number of nitrogens with zero attached hydrogens (tertiary/aromatic N) is 1. The van der Waals surface area contributed by atoms with Crippen LogP contribution in [0.1, 0.15) is 12.5 Å². The average molecular weight is 409 g/mol. The summed E-state index contributed by atoms with van der Waals surface area (Å²) in [4.78, 5) is 12.2. The van der Waals surface area contributed by atoms with Gasteiger partial charge >= 0.3 is 6.03 Å². The van der Waals surface area contributed by atoms with Crippen LogP contribution in [0.5, 0.6) is 5.75 Å². The molecule has 0 aliphatic carbocycles. The number of rotatable bonds is 8. The van der Waals surface area contributed by atoms with Gasteiger partial charge in [0, 0.05) is 20.6 Å². The molecule has 2 aromatic carbocycles. The monoisotopic (exact) mass is 409 g/mol. The molecule has 0 saturated heterocycles. The van der Waals surface area contributed by atoms with Crippen molar-refractivity contribution >= 4 is 16.1 Å². The summed E-state index contributed by atoms with van der Waals surface area (Å²) in [6, 6.07) is 11.3. The number of nitrogens with one attached hydrogen (secondary N) is 2. The normalized spacial score (nSPS) is 12.5. The van der Waals surface area contributed by atoms with Crippen molar-refractivity contribution in [3.05, 3.63) is 59.9 Å². The molecule has 2 amide bonds. The van der Waals surface area contributed by atoms with E-state index >= 15 is 0 Å². The van der Waals surface area contributed by atoms with E-state index in [1.807, 2.05) is 0 Å². The molecule has 28 heavy (non-hydrogen) atoms. The van der Waals surface area contributed by atoms with Crippen molar-refractivity contribution in [1.82, 2.24) is 14.9 Å². The number of urea groups is 1. The Morgan fingerprint density at radius 2 is 1.79 bits per heavy atom. The van der Waals surface area contributed by atoms with Crippen molar-refractivity contribution < 1.29 is 22.3 Å². The number of hydrogen-bond acceptors (Lipinski definition) is 4. The van der Waals surface area contributed by atoms with Crippen LogP contribution >= 0.6 is 0 Å². The molecule has 1 atom stereocenters. The van der Waals surface area contributed by atoms with Gasteiger partial charge in [0.2, 0.25) is 10.0 Å². The second kappa shape index (κ2) is 9.52. The molecule has 0 fully saturated rings. The second-order valence-corrected chi connectivity index (χ2v) is 8.51. The van der Waals surface area contributed by atoms with Gasteiger partial charge in [-0.15, -0.1) is 0 Å². The molecule has 0 saturated carbocycles. The fraction of sp³-hybridized carbons (Fsp3) is 0.316. The van der Waals surface area contributed by atoms with Crippen LogP contribution in [0, 0.1) is 5.82 Å². The van der Waals surface area contributed by atoms with E-state index < -0.39 is 16.1 Å². The quantitative estimate of drug-likeness (QED) is 0.701. The molecule has 0 heterocycles. The summed E-state index contributed by atoms with van der Waals surface area (Å²) in [7, 11) is -0.699. The molecule has 2 aromatic rings. The Morgan fingerprint density at radius 1 is 1.14 bits per heavy atom. The minimum Gasteiger partial charge on any atom is -0.491 e. The predicted molar refractivity (Wildman–Crippen MR) is 104 cm³/mol. The topological polar surface area (TPSA) is 87.7 Å². The van der Waals surface area contributed by atoms with Gasteiger partial charge in [-0.3, -0.25) is 0 Å². The lowest BCUT2D eigenvalue weighted by molar-refractivity contribution is 0.226. The maximum atomic E-state index is 12.9. The van der Waals surface area contributed by atoms with Crippen molar-refractivity contribution in [1.29, 1.82) is 0 Å². The van der Waals surface area contributed by atoms with Gasteiger partial charge in [0.05, 0.1) is 10.9 Å². The number of carbonyl (C=O) groups is 1. The van der Waals surface area contributed by atoms with Crippen molar-refractivity contribution in [3.8, 4) is 5.75 Å². The first kappa shape index (κ1) is 21.6. The van der Waals surface area contributed by atoms with Gasteiger partial charge in [-0.2, -0.15) is 0 Å². The largest absolute Gasteiger partial charge is 0.491 e. The summed E-state index contributed by atoms with van der Waals surface area (Å²) in [6.45, 7) is 2.01. The van der Waals surface area contributed by atoms with Crippen molar-refractivity contribution in [3.63, 3.8) is 0 Å². The van der Waals surface area contributed by atoms with Gasteiger partial charge in [0.15, 0.2) is 0 Å². The minimum absolute atomic E-state index is 0.0562. The average Bonchev–Trinajstić information content (AvgIpc) is 2.66. The highest BCUT2D eigenvalue weighted by Gasteiger charge is 2.20. The van der Waals surface area contributed by atoms with Gasteiger partial charge in [-0.1, -0.05) is 18.2 Å². The zero-order valence-electron chi connectivity index (χ0n) is 16.0. The van der Waals surface area contributed by atoms with Gasteiger partial charge in [0.25, 0.3) is 0 Å². The smallest absolute Gasteiger partial charge is 0.315 e. The standard InChI is InChI=1S/C19H24FN3O4S/c1-14(13-27-17-10-8-16(20)9-11-17)22-19(24)21-12-15-6-4-5-7-18(15)28(25,26)23(2)3/h4-11,14H,12-13H2,1-3H3,(H2,21,22,24). The highest BCUT2D eigenvalue weighted by molar-refractivity contribution is 7.89. The Morgan fingerprint density at radius 3 is 2.43 bits per heavy atom. The highest BCUT2D eigenvalue weighted by atomic mass is 32.2. The fourth-order valence-electron chi connectivity index (χ4n) is 2.34. The molecular weight excluding hydrogens is 385 g/mol. The maximum absolute atomic E-state index is 12.9. The highest BCUT2D eigenvalue weighted by Crippen LogP contribution is 2.18. The van der Waals surface area contributed by atoms with Gasteiger partial charge in [0.1, 0.15) is 18.2 Å². The summed E-state index contributed by atoms with van der Waals surface area (Å²) in [6.07, 6.45) is 0. The van der Waals surface area contributed by atoms with E-state index in [0.29, 0.717) is 11.3 Å². The molecule has 0 spiro atoms. The van der Waals surface area contributed by atoms with Crippen molar-refractivity contribution in [2.24, 2.45) is 0 Å². The lowest BCUT2D eigenvalue weighted by Crippen LogP contribution is -2.43. The van der Waals surface area contributed by atoms with E-state index in [2.05, 4.69) is 10.6 Å². The summed E-state index contributed by atoms with van der Waals surface area (Å²) < 4.78 is 44.2. The van der Waals surface area contributed by atoms with E-state index in [1.165, 1.54) is 44.4 Å². The summed E-state index contributed by atoms with van der Waals surface area (Å²) >= 11 is 0. The van der Waals surface area contributed by atoms with Crippen LogP contribution in [0.25, 0.3) is 0 Å². The van der Waals surface area contributed by atoms with Crippen LogP contribution in [-0.4, -0.2) is 45.5 Å². The molecule has 2 rings (SSSR count). The number of hydrogen-bond donors (Lipinski definition) is 2. The minimum atomic E-state index is -3.61. The molecule has 9 heteroatoms. The zero-order chi connectivity index (χ0) is 20.7. The third-order valence-electron chi connectivity index (χ3n) is 3.86. The van der Waals surface area contributed by atoms with E-state index in [4.69, 9.17) is 4.74 Å². The lowest BCUT2D eigenvalue weighted by Gasteiger charge is -2.17. The zero-order valence-corrected chi connectivity index (χ0v) is 16.8. The number of sulfonamides is 1. The second-order valence-electron chi connectivity index (χ2n) is 6.39. The lowest BCUT2D eigenvalue weighted by atomic mass is 10.2. The summed E-state index contributed by atoms with van der Waals surface area (Å²) in [5.74, 6) is 0.146. The van der Waals surface area contributed by atoms with Gasteiger partial charge < -0.3 is 15.4 Å². The molecule has 2 N–H and O–H groups in total. The number of benzene rings is 2. The number of halogens is 1. The number of carbonyl (C=O) groups excluding carboxylic acids is 1. The Kier molecular flexibility index (Phi) is 7.36. The van der Waals surface area contributed by atoms with Crippen LogP contribution in [0.15, 0.2) is 53.4 Å². The Labute approximate surface area is 164 Å². The molecule has 7 nitrogen and oxygen atoms in total. The van der Waals surface area contributed by atoms with Crippen molar-refractivity contribution in [2.75, 3.05) is 20.7 Å². The first-order chi connectivity index (χ1) is 13.2. The van der Waals surface area contributed by atoms with E-state index in [-0.39, 0.29) is 29.9 Å². The molecule has 152 valence electrons. The third-order valence-corrected chi connectivity index (χ3v) is 5.78. The Hall–Kier alpha value is -2.65. The molecule has 0 bridgehead atoms. The number of amides is 2. The van der Waals surface area contributed by atoms with Crippen molar-refractivity contribution in [2.45, 2.75) is 24.4 Å². The fourth-order valence-corrected chi connectivity index (χ4v) is 3.46. The number of ether oxygens (including phenoxy) is 1.